The molecule has 2 heterocycles. The van der Waals surface area contributed by atoms with Gasteiger partial charge < -0.3 is 9.72 Å². The van der Waals surface area contributed by atoms with Gasteiger partial charge in [-0.05, 0) is 54.1 Å². The van der Waals surface area contributed by atoms with Crippen molar-refractivity contribution in [3.63, 3.8) is 0 Å². The third-order valence-corrected chi connectivity index (χ3v) is 5.58. The highest BCUT2D eigenvalue weighted by molar-refractivity contribution is 6.13. The molecule has 0 saturated carbocycles. The van der Waals surface area contributed by atoms with E-state index in [0.717, 1.165) is 33.1 Å². The number of aromatic nitrogens is 2. The second-order valence-electron chi connectivity index (χ2n) is 7.73. The van der Waals surface area contributed by atoms with E-state index in [1.807, 2.05) is 36.4 Å². The van der Waals surface area contributed by atoms with E-state index in [4.69, 9.17) is 4.74 Å². The maximum absolute atomic E-state index is 13.0. The Morgan fingerprint density at radius 2 is 1.80 bits per heavy atom. The van der Waals surface area contributed by atoms with Crippen LogP contribution in [-0.4, -0.2) is 34.1 Å². The number of fused-ring (bicyclic) bond motifs is 3. The largest absolute Gasteiger partial charge is 0.497 e. The number of nitrogens with zero attached hydrogens (tertiary/aromatic N) is 3. The van der Waals surface area contributed by atoms with Crippen molar-refractivity contribution >= 4 is 39.6 Å². The van der Waals surface area contributed by atoms with Crippen LogP contribution in [0.15, 0.2) is 84.0 Å². The Balaban J connectivity index is 1.53. The zero-order valence-corrected chi connectivity index (χ0v) is 18.6. The van der Waals surface area contributed by atoms with Crippen molar-refractivity contribution in [2.24, 2.45) is 5.10 Å². The lowest BCUT2D eigenvalue weighted by Gasteiger charge is -2.07. The fourth-order valence-electron chi connectivity index (χ4n) is 3.82. The van der Waals surface area contributed by atoms with E-state index in [1.54, 1.807) is 37.4 Å². The number of pyridine rings is 1. The summed E-state index contributed by atoms with van der Waals surface area (Å²) >= 11 is 0. The maximum Gasteiger partial charge on any atom is 0.289 e. The monoisotopic (exact) mass is 465 g/mol. The fourth-order valence-corrected chi connectivity index (χ4v) is 3.82. The summed E-state index contributed by atoms with van der Waals surface area (Å²) in [5, 5.41) is 16.9. The Morgan fingerprint density at radius 3 is 2.51 bits per heavy atom. The van der Waals surface area contributed by atoms with Crippen LogP contribution >= 0.6 is 0 Å². The lowest BCUT2D eigenvalue weighted by molar-refractivity contribution is -0.384. The van der Waals surface area contributed by atoms with Gasteiger partial charge in [-0.1, -0.05) is 18.2 Å². The fraction of sp³-hybridized carbons (Fsp3) is 0.0385. The number of para-hydroxylation sites is 1. The van der Waals surface area contributed by atoms with E-state index in [2.05, 4.69) is 20.5 Å². The molecular weight excluding hydrogens is 446 g/mol. The number of ether oxygens (including phenoxy) is 1. The molecule has 0 spiro atoms. The molecular formula is C26H19N5O4. The summed E-state index contributed by atoms with van der Waals surface area (Å²) in [4.78, 5) is 31.5. The molecule has 0 bridgehead atoms. The maximum atomic E-state index is 13.0. The van der Waals surface area contributed by atoms with Crippen molar-refractivity contribution in [1.29, 1.82) is 0 Å². The molecule has 2 N–H and O–H groups in total. The number of hydrazone groups is 1. The van der Waals surface area contributed by atoms with Crippen LogP contribution in [-0.2, 0) is 0 Å². The zero-order chi connectivity index (χ0) is 24.4. The summed E-state index contributed by atoms with van der Waals surface area (Å²) in [6.45, 7) is 0. The average molecular weight is 465 g/mol. The molecule has 2 aromatic heterocycles. The van der Waals surface area contributed by atoms with E-state index in [0.29, 0.717) is 11.3 Å². The SMILES string of the molecule is COc1ccc(/C=N/NC(=O)c2cc3c([nH]c4ccccc43)c(-c3ccc([N+](=O)[O-])cc3)n2)cc1. The quantitative estimate of drug-likeness (QED) is 0.206. The van der Waals surface area contributed by atoms with Gasteiger partial charge in [0.25, 0.3) is 11.6 Å². The smallest absolute Gasteiger partial charge is 0.289 e. The molecule has 0 fully saturated rings. The van der Waals surface area contributed by atoms with E-state index in [9.17, 15) is 14.9 Å². The van der Waals surface area contributed by atoms with Gasteiger partial charge in [-0.2, -0.15) is 5.10 Å². The Labute approximate surface area is 199 Å². The Kier molecular flexibility index (Phi) is 5.64. The number of methoxy groups -OCH3 is 1. The van der Waals surface area contributed by atoms with Crippen LogP contribution in [0.25, 0.3) is 33.1 Å². The third-order valence-electron chi connectivity index (χ3n) is 5.58. The van der Waals surface area contributed by atoms with Crippen molar-refractivity contribution in [1.82, 2.24) is 15.4 Å². The van der Waals surface area contributed by atoms with Crippen molar-refractivity contribution in [2.45, 2.75) is 0 Å². The predicted molar refractivity (Wildman–Crippen MR) is 134 cm³/mol. The van der Waals surface area contributed by atoms with Gasteiger partial charge in [-0.3, -0.25) is 14.9 Å². The standard InChI is InChI=1S/C26H19N5O4/c1-35-19-12-6-16(7-13-19)15-27-30-26(32)23-14-21-20-4-2-3-5-22(20)28-25(21)24(29-23)17-8-10-18(11-9-17)31(33)34/h2-15,28H,1H3,(H,30,32)/b27-15+. The minimum absolute atomic E-state index is 0.0246. The molecule has 0 aliphatic carbocycles. The first-order chi connectivity index (χ1) is 17.0. The van der Waals surface area contributed by atoms with Gasteiger partial charge in [-0.15, -0.1) is 0 Å². The summed E-state index contributed by atoms with van der Waals surface area (Å²) in [6, 6.07) is 22.7. The number of aromatic amines is 1. The Morgan fingerprint density at radius 1 is 1.06 bits per heavy atom. The van der Waals surface area contributed by atoms with Gasteiger partial charge in [0.2, 0.25) is 0 Å². The Bertz CT molecular complexity index is 1590. The van der Waals surface area contributed by atoms with Gasteiger partial charge in [0, 0.05) is 34.0 Å². The van der Waals surface area contributed by atoms with Gasteiger partial charge in [0.15, 0.2) is 0 Å². The van der Waals surface area contributed by atoms with Crippen LogP contribution in [0.2, 0.25) is 0 Å². The summed E-state index contributed by atoms with van der Waals surface area (Å²) in [7, 11) is 1.59. The minimum atomic E-state index is -0.481. The molecule has 35 heavy (non-hydrogen) atoms. The van der Waals surface area contributed by atoms with Crippen LogP contribution in [0.5, 0.6) is 5.75 Å². The highest BCUT2D eigenvalue weighted by atomic mass is 16.6. The van der Waals surface area contributed by atoms with E-state index < -0.39 is 10.8 Å². The van der Waals surface area contributed by atoms with Gasteiger partial charge >= 0.3 is 0 Å². The number of nitro groups is 1. The number of rotatable bonds is 6. The van der Waals surface area contributed by atoms with Crippen molar-refractivity contribution in [3.05, 3.63) is 100 Å². The van der Waals surface area contributed by atoms with Crippen LogP contribution in [0.4, 0.5) is 5.69 Å². The number of carbonyl (C=O) groups excluding carboxylic acids is 1. The number of hydrogen-bond donors (Lipinski definition) is 2. The lowest BCUT2D eigenvalue weighted by atomic mass is 10.1. The molecule has 9 heteroatoms. The second kappa shape index (κ2) is 9.06. The number of nitro benzene ring substituents is 1. The number of benzene rings is 3. The first-order valence-electron chi connectivity index (χ1n) is 10.7. The van der Waals surface area contributed by atoms with Crippen molar-refractivity contribution < 1.29 is 14.5 Å². The van der Waals surface area contributed by atoms with Crippen LogP contribution in [0, 0.1) is 10.1 Å². The van der Waals surface area contributed by atoms with Crippen LogP contribution in [0.3, 0.4) is 0 Å². The van der Waals surface area contributed by atoms with Gasteiger partial charge in [0.05, 0.1) is 29.5 Å². The third kappa shape index (κ3) is 4.30. The second-order valence-corrected chi connectivity index (χ2v) is 7.73. The lowest BCUT2D eigenvalue weighted by Crippen LogP contribution is -2.19. The Hall–Kier alpha value is -5.05. The normalized spacial score (nSPS) is 11.2. The zero-order valence-electron chi connectivity index (χ0n) is 18.6. The molecule has 0 atom stereocenters. The molecule has 0 unspecified atom stereocenters. The van der Waals surface area contributed by atoms with E-state index in [-0.39, 0.29) is 11.4 Å². The van der Waals surface area contributed by atoms with Crippen LogP contribution in [0.1, 0.15) is 16.1 Å². The molecule has 5 aromatic rings. The number of hydrogen-bond acceptors (Lipinski definition) is 6. The van der Waals surface area contributed by atoms with Crippen molar-refractivity contribution in [2.75, 3.05) is 7.11 Å². The average Bonchev–Trinajstić information content (AvgIpc) is 3.27. The summed E-state index contributed by atoms with van der Waals surface area (Å²) in [5.74, 6) is 0.242. The number of nitrogens with one attached hydrogen (secondary N) is 2. The predicted octanol–water partition coefficient (Wildman–Crippen LogP) is 5.06. The first kappa shape index (κ1) is 21.8. The van der Waals surface area contributed by atoms with E-state index >= 15 is 0 Å². The topological polar surface area (TPSA) is 123 Å². The van der Waals surface area contributed by atoms with Crippen molar-refractivity contribution in [3.8, 4) is 17.0 Å². The van der Waals surface area contributed by atoms with Crippen LogP contribution < -0.4 is 10.2 Å². The summed E-state index contributed by atoms with van der Waals surface area (Å²) in [5.41, 5.74) is 6.23. The molecule has 172 valence electrons. The van der Waals surface area contributed by atoms with Gasteiger partial charge in [-0.25, -0.2) is 10.4 Å². The summed E-state index contributed by atoms with van der Waals surface area (Å²) < 4.78 is 5.14. The number of carbonyl (C=O) groups is 1. The highest BCUT2D eigenvalue weighted by Gasteiger charge is 2.17. The minimum Gasteiger partial charge on any atom is -0.497 e. The molecule has 0 radical (unpaired) electrons. The molecule has 0 aliphatic heterocycles. The molecule has 9 nitrogen and oxygen atoms in total. The number of amides is 1. The molecule has 3 aromatic carbocycles. The first-order valence-corrected chi connectivity index (χ1v) is 10.7. The molecule has 1 amide bonds. The summed E-state index contributed by atoms with van der Waals surface area (Å²) in [6.07, 6.45) is 1.53. The number of H-pyrrole nitrogens is 1. The molecule has 0 saturated heterocycles. The number of non-ortho nitro benzene ring substituents is 1. The van der Waals surface area contributed by atoms with Gasteiger partial charge in [0.1, 0.15) is 11.4 Å². The van der Waals surface area contributed by atoms with E-state index in [1.165, 1.54) is 18.3 Å². The molecule has 5 rings (SSSR count). The highest BCUT2D eigenvalue weighted by Crippen LogP contribution is 2.33. The molecule has 0 aliphatic rings.